The first kappa shape index (κ1) is 9.09. The molecule has 0 atom stereocenters. The fourth-order valence-electron chi connectivity index (χ4n) is 1.81. The van der Waals surface area contributed by atoms with Crippen molar-refractivity contribution in [3.8, 4) is 11.1 Å². The van der Waals surface area contributed by atoms with Gasteiger partial charge in [-0.1, -0.05) is 45.8 Å². The van der Waals surface area contributed by atoms with Gasteiger partial charge in [0.2, 0.25) is 0 Å². The van der Waals surface area contributed by atoms with Crippen molar-refractivity contribution in [3.05, 3.63) is 54.7 Å². The molecule has 0 spiro atoms. The summed E-state index contributed by atoms with van der Waals surface area (Å²) in [7, 11) is 0. The molecule has 0 aliphatic carbocycles. The van der Waals surface area contributed by atoms with E-state index in [1.54, 1.807) is 6.07 Å². The van der Waals surface area contributed by atoms with Gasteiger partial charge in [0.15, 0.2) is 0 Å². The summed E-state index contributed by atoms with van der Waals surface area (Å²) in [5.74, 6) is 0. The summed E-state index contributed by atoms with van der Waals surface area (Å²) >= 11 is 0. The normalized spacial score (nSPS) is 10.8. The minimum Gasteiger partial charge on any atom is -0.150 e. The highest BCUT2D eigenvalue weighted by Gasteiger charge is 2.03. The Morgan fingerprint density at radius 1 is 0.938 bits per heavy atom. The summed E-state index contributed by atoms with van der Waals surface area (Å²) in [4.78, 5) is 0.393. The maximum absolute atomic E-state index is 13.1. The molecule has 2 aromatic carbocycles. The van der Waals surface area contributed by atoms with Gasteiger partial charge in [0, 0.05) is 5.39 Å². The third-order valence-corrected chi connectivity index (χ3v) is 2.63. The van der Waals surface area contributed by atoms with Gasteiger partial charge in [-0.2, -0.15) is 0 Å². The van der Waals surface area contributed by atoms with Crippen molar-refractivity contribution in [2.24, 2.45) is 0 Å². The number of aromatic nitrogens is 2. The summed E-state index contributed by atoms with van der Waals surface area (Å²) in [6.07, 6.45) is 1.53. The average Bonchev–Trinajstić information content (AvgIpc) is 2.72. The van der Waals surface area contributed by atoms with Gasteiger partial charge >= 0.3 is 0 Å². The molecule has 0 N–H and O–H groups in total. The first-order valence-corrected chi connectivity index (χ1v) is 5.04. The molecule has 2 nitrogen and oxygen atoms in total. The largest absolute Gasteiger partial charge is 0.150 e. The first-order chi connectivity index (χ1) is 7.84. The standard InChI is InChI=1S/C13H9FN2/c14-16-13-7-6-11(8-12(13)9-15-16)10-4-2-1-3-5-10/h1-9H. The summed E-state index contributed by atoms with van der Waals surface area (Å²) in [5.41, 5.74) is 2.69. The summed E-state index contributed by atoms with van der Waals surface area (Å²) in [6.45, 7) is 0. The van der Waals surface area contributed by atoms with E-state index in [0.717, 1.165) is 16.5 Å². The van der Waals surface area contributed by atoms with Crippen LogP contribution in [0.25, 0.3) is 22.0 Å². The molecule has 3 heteroatoms. The second-order valence-corrected chi connectivity index (χ2v) is 3.64. The van der Waals surface area contributed by atoms with E-state index in [4.69, 9.17) is 0 Å². The Bertz CT molecular complexity index is 629. The van der Waals surface area contributed by atoms with Crippen molar-refractivity contribution in [1.29, 1.82) is 0 Å². The molecule has 0 aliphatic rings. The minimum atomic E-state index is 0.393. The molecule has 16 heavy (non-hydrogen) atoms. The van der Waals surface area contributed by atoms with Crippen molar-refractivity contribution >= 4 is 10.9 Å². The number of fused-ring (bicyclic) bond motifs is 1. The number of hydrogen-bond acceptors (Lipinski definition) is 1. The van der Waals surface area contributed by atoms with Crippen molar-refractivity contribution in [2.75, 3.05) is 0 Å². The van der Waals surface area contributed by atoms with E-state index < -0.39 is 0 Å². The molecule has 78 valence electrons. The molecular weight excluding hydrogens is 203 g/mol. The van der Waals surface area contributed by atoms with Gasteiger partial charge < -0.3 is 0 Å². The van der Waals surface area contributed by atoms with Crippen LogP contribution in [0.2, 0.25) is 0 Å². The summed E-state index contributed by atoms with van der Waals surface area (Å²) < 4.78 is 13.1. The minimum absolute atomic E-state index is 0.393. The number of rotatable bonds is 1. The number of benzene rings is 2. The van der Waals surface area contributed by atoms with Gasteiger partial charge in [0.1, 0.15) is 5.52 Å². The van der Waals surface area contributed by atoms with Crippen LogP contribution >= 0.6 is 0 Å². The highest BCUT2D eigenvalue weighted by Crippen LogP contribution is 2.23. The molecular formula is C13H9FN2. The maximum atomic E-state index is 13.1. The predicted octanol–water partition coefficient (Wildman–Crippen LogP) is 3.44. The Balaban J connectivity index is 2.19. The van der Waals surface area contributed by atoms with Crippen molar-refractivity contribution in [3.63, 3.8) is 0 Å². The molecule has 1 aromatic heterocycles. The second-order valence-electron chi connectivity index (χ2n) is 3.64. The van der Waals surface area contributed by atoms with E-state index in [2.05, 4.69) is 5.10 Å². The summed E-state index contributed by atoms with van der Waals surface area (Å²) in [5, 5.41) is 4.39. The lowest BCUT2D eigenvalue weighted by Gasteiger charge is -2.00. The van der Waals surface area contributed by atoms with Crippen molar-refractivity contribution in [1.82, 2.24) is 10.0 Å². The third kappa shape index (κ3) is 1.37. The smallest absolute Gasteiger partial charge is 0.104 e. The predicted molar refractivity (Wildman–Crippen MR) is 61.7 cm³/mol. The number of nitrogens with zero attached hydrogens (tertiary/aromatic N) is 2. The van der Waals surface area contributed by atoms with E-state index in [1.807, 2.05) is 42.5 Å². The topological polar surface area (TPSA) is 17.8 Å². The van der Waals surface area contributed by atoms with Crippen LogP contribution in [0.5, 0.6) is 0 Å². The van der Waals surface area contributed by atoms with Crippen LogP contribution in [0.3, 0.4) is 0 Å². The first-order valence-electron chi connectivity index (χ1n) is 5.04. The molecule has 0 aliphatic heterocycles. The van der Waals surface area contributed by atoms with Crippen LogP contribution in [0.1, 0.15) is 0 Å². The van der Waals surface area contributed by atoms with E-state index >= 15 is 0 Å². The van der Waals surface area contributed by atoms with Gasteiger partial charge in [-0.05, 0) is 23.3 Å². The average molecular weight is 212 g/mol. The van der Waals surface area contributed by atoms with Crippen LogP contribution < -0.4 is 0 Å². The van der Waals surface area contributed by atoms with Crippen LogP contribution in [-0.2, 0) is 0 Å². The highest BCUT2D eigenvalue weighted by atomic mass is 19.2. The van der Waals surface area contributed by atoms with E-state index in [1.165, 1.54) is 6.20 Å². The summed E-state index contributed by atoms with van der Waals surface area (Å²) in [6, 6.07) is 15.6. The fourth-order valence-corrected chi connectivity index (χ4v) is 1.81. The van der Waals surface area contributed by atoms with E-state index in [-0.39, 0.29) is 0 Å². The van der Waals surface area contributed by atoms with E-state index in [9.17, 15) is 4.48 Å². The lowest BCUT2D eigenvalue weighted by molar-refractivity contribution is 0.332. The lowest BCUT2D eigenvalue weighted by Crippen LogP contribution is -1.82. The molecule has 0 saturated heterocycles. The van der Waals surface area contributed by atoms with Gasteiger partial charge in [-0.3, -0.25) is 0 Å². The van der Waals surface area contributed by atoms with Crippen LogP contribution in [0.4, 0.5) is 4.48 Å². The van der Waals surface area contributed by atoms with Crippen LogP contribution in [0.15, 0.2) is 54.7 Å². The van der Waals surface area contributed by atoms with E-state index in [0.29, 0.717) is 10.4 Å². The SMILES string of the molecule is Fn1ncc2cc(-c3ccccc3)ccc21. The second kappa shape index (κ2) is 3.45. The molecule has 0 fully saturated rings. The molecule has 0 bridgehead atoms. The van der Waals surface area contributed by atoms with Crippen molar-refractivity contribution < 1.29 is 4.48 Å². The molecule has 0 amide bonds. The zero-order chi connectivity index (χ0) is 11.0. The molecule has 3 aromatic rings. The van der Waals surface area contributed by atoms with Gasteiger partial charge in [-0.15, -0.1) is 5.10 Å². The zero-order valence-electron chi connectivity index (χ0n) is 8.47. The third-order valence-electron chi connectivity index (χ3n) is 2.63. The molecule has 0 unspecified atom stereocenters. The van der Waals surface area contributed by atoms with Crippen LogP contribution in [0, 0.1) is 0 Å². The van der Waals surface area contributed by atoms with Gasteiger partial charge in [0.25, 0.3) is 0 Å². The zero-order valence-corrected chi connectivity index (χ0v) is 8.47. The number of halogens is 1. The molecule has 1 heterocycles. The lowest BCUT2D eigenvalue weighted by atomic mass is 10.0. The molecule has 3 rings (SSSR count). The maximum Gasteiger partial charge on any atom is 0.104 e. The highest BCUT2D eigenvalue weighted by molar-refractivity contribution is 5.84. The fraction of sp³-hybridized carbons (Fsp3) is 0. The molecule has 0 radical (unpaired) electrons. The Morgan fingerprint density at radius 2 is 1.75 bits per heavy atom. The van der Waals surface area contributed by atoms with Gasteiger partial charge in [-0.25, -0.2) is 0 Å². The Hall–Kier alpha value is -2.16. The van der Waals surface area contributed by atoms with Crippen LogP contribution in [-0.4, -0.2) is 10.0 Å². The molecule has 0 saturated carbocycles. The quantitative estimate of drug-likeness (QED) is 0.604. The number of hydrogen-bond donors (Lipinski definition) is 0. The van der Waals surface area contributed by atoms with Gasteiger partial charge in [0.05, 0.1) is 6.20 Å². The Kier molecular flexibility index (Phi) is 1.96. The monoisotopic (exact) mass is 212 g/mol. The Labute approximate surface area is 91.9 Å². The van der Waals surface area contributed by atoms with Crippen molar-refractivity contribution in [2.45, 2.75) is 0 Å². The Morgan fingerprint density at radius 3 is 2.56 bits per heavy atom.